The fourth-order valence-corrected chi connectivity index (χ4v) is 5.71. The molecule has 0 saturated carbocycles. The summed E-state index contributed by atoms with van der Waals surface area (Å²) in [5.41, 5.74) is 5.05. The summed E-state index contributed by atoms with van der Waals surface area (Å²) in [6.45, 7) is 4.37. The van der Waals surface area contributed by atoms with E-state index in [-0.39, 0.29) is 30.1 Å². The van der Waals surface area contributed by atoms with Crippen LogP contribution in [0, 0.1) is 24.0 Å². The number of non-ortho nitro benzene ring substituents is 1. The number of rotatable bonds is 9. The fraction of sp³-hybridized carbons (Fsp3) is 0.233. The highest BCUT2D eigenvalue weighted by Crippen LogP contribution is 2.42. The SMILES string of the molecule is COc1cc([N+](=O)[O-])ccc1-n1c(C)cc([C@H]2[C@@H](c3ccccn3)NC(=S)N2CCC(=O)Nc2ccccc2)c1C. The molecule has 3 heterocycles. The van der Waals surface area contributed by atoms with E-state index in [0.29, 0.717) is 23.1 Å². The van der Waals surface area contributed by atoms with E-state index < -0.39 is 4.92 Å². The molecule has 0 aliphatic carbocycles. The molecule has 2 aromatic heterocycles. The summed E-state index contributed by atoms with van der Waals surface area (Å²) in [6.07, 6.45) is 1.98. The van der Waals surface area contributed by atoms with E-state index in [1.807, 2.05) is 71.8 Å². The maximum atomic E-state index is 12.8. The summed E-state index contributed by atoms with van der Waals surface area (Å²) < 4.78 is 7.58. The largest absolute Gasteiger partial charge is 0.494 e. The number of hydrogen-bond donors (Lipinski definition) is 2. The molecule has 2 N–H and O–H groups in total. The number of para-hydroxylation sites is 1. The minimum Gasteiger partial charge on any atom is -0.494 e. The first kappa shape index (κ1) is 27.8. The summed E-state index contributed by atoms with van der Waals surface area (Å²) >= 11 is 5.80. The highest BCUT2D eigenvalue weighted by Gasteiger charge is 2.41. The van der Waals surface area contributed by atoms with Crippen LogP contribution in [-0.2, 0) is 4.79 Å². The van der Waals surface area contributed by atoms with Gasteiger partial charge in [0.05, 0.1) is 41.6 Å². The number of pyridine rings is 1. The summed E-state index contributed by atoms with van der Waals surface area (Å²) in [5.74, 6) is 0.281. The number of carbonyl (C=O) groups is 1. The smallest absolute Gasteiger partial charge is 0.273 e. The predicted molar refractivity (Wildman–Crippen MR) is 160 cm³/mol. The molecule has 1 fully saturated rings. The number of carbonyl (C=O) groups excluding carboxylic acids is 1. The Morgan fingerprint density at radius 3 is 2.56 bits per heavy atom. The molecule has 0 unspecified atom stereocenters. The van der Waals surface area contributed by atoms with Crippen LogP contribution in [-0.4, -0.2) is 44.0 Å². The van der Waals surface area contributed by atoms with E-state index in [1.54, 1.807) is 12.3 Å². The Labute approximate surface area is 243 Å². The summed E-state index contributed by atoms with van der Waals surface area (Å²) in [7, 11) is 1.50. The highest BCUT2D eigenvalue weighted by molar-refractivity contribution is 7.80. The van der Waals surface area contributed by atoms with Gasteiger partial charge in [0.15, 0.2) is 5.11 Å². The van der Waals surface area contributed by atoms with Gasteiger partial charge in [-0.1, -0.05) is 24.3 Å². The van der Waals surface area contributed by atoms with Crippen molar-refractivity contribution in [3.63, 3.8) is 0 Å². The van der Waals surface area contributed by atoms with Crippen LogP contribution < -0.4 is 15.4 Å². The van der Waals surface area contributed by atoms with Gasteiger partial charge in [0.1, 0.15) is 5.75 Å². The van der Waals surface area contributed by atoms with Crippen LogP contribution >= 0.6 is 12.2 Å². The Bertz CT molecular complexity index is 1590. The predicted octanol–water partition coefficient (Wildman–Crippen LogP) is 5.41. The van der Waals surface area contributed by atoms with Crippen molar-refractivity contribution in [3.05, 3.63) is 112 Å². The van der Waals surface area contributed by atoms with E-state index in [9.17, 15) is 14.9 Å². The fourth-order valence-electron chi connectivity index (χ4n) is 5.37. The Hall–Kier alpha value is -4.77. The molecule has 2 aromatic carbocycles. The molecule has 2 atom stereocenters. The van der Waals surface area contributed by atoms with Gasteiger partial charge >= 0.3 is 0 Å². The molecule has 10 nitrogen and oxygen atoms in total. The molecule has 1 aliphatic heterocycles. The number of anilines is 1. The molecular weight excluding hydrogens is 540 g/mol. The van der Waals surface area contributed by atoms with Crippen molar-refractivity contribution >= 4 is 34.6 Å². The standard InChI is InChI=1S/C30H30N6O4S/c1-19-17-23(20(2)35(19)25-13-12-22(36(38)39)18-26(25)40-3)29-28(24-11-7-8-15-31-24)33-30(41)34(29)16-14-27(37)32-21-9-5-4-6-10-21/h4-13,15,17-18,28-29H,14,16H2,1-3H3,(H,32,37)(H,33,41)/t28-,29+/m1/s1. The quantitative estimate of drug-likeness (QED) is 0.156. The number of methoxy groups -OCH3 is 1. The van der Waals surface area contributed by atoms with Crippen LogP contribution in [0.25, 0.3) is 5.69 Å². The number of hydrogen-bond acceptors (Lipinski definition) is 6. The average Bonchev–Trinajstić information content (AvgIpc) is 3.46. The van der Waals surface area contributed by atoms with Gasteiger partial charge in [-0.05, 0) is 68.0 Å². The number of thiocarbonyl (C=S) groups is 1. The van der Waals surface area contributed by atoms with E-state index in [4.69, 9.17) is 17.0 Å². The first-order chi connectivity index (χ1) is 19.8. The average molecular weight is 571 g/mol. The molecule has 11 heteroatoms. The number of amides is 1. The van der Waals surface area contributed by atoms with E-state index in [0.717, 1.165) is 28.3 Å². The molecular formula is C30H30N6O4S. The highest BCUT2D eigenvalue weighted by atomic mass is 32.1. The number of benzene rings is 2. The normalized spacial score (nSPS) is 16.4. The van der Waals surface area contributed by atoms with Crippen LogP contribution in [0.5, 0.6) is 5.75 Å². The number of nitro benzene ring substituents is 1. The van der Waals surface area contributed by atoms with E-state index in [2.05, 4.69) is 21.7 Å². The Morgan fingerprint density at radius 1 is 1.12 bits per heavy atom. The lowest BCUT2D eigenvalue weighted by molar-refractivity contribution is -0.384. The van der Waals surface area contributed by atoms with Crippen LogP contribution in [0.3, 0.4) is 0 Å². The van der Waals surface area contributed by atoms with Gasteiger partial charge in [0.25, 0.3) is 5.69 Å². The third-order valence-electron chi connectivity index (χ3n) is 7.24. The van der Waals surface area contributed by atoms with Gasteiger partial charge < -0.3 is 24.8 Å². The number of ether oxygens (including phenoxy) is 1. The third-order valence-corrected chi connectivity index (χ3v) is 7.59. The van der Waals surface area contributed by atoms with Crippen molar-refractivity contribution < 1.29 is 14.5 Å². The summed E-state index contributed by atoms with van der Waals surface area (Å²) in [6, 6.07) is 21.3. The van der Waals surface area contributed by atoms with Crippen LogP contribution in [0.1, 0.15) is 41.1 Å². The van der Waals surface area contributed by atoms with Gasteiger partial charge in [0, 0.05) is 42.3 Å². The molecule has 1 saturated heterocycles. The number of aryl methyl sites for hydroxylation is 1. The molecule has 4 aromatic rings. The summed E-state index contributed by atoms with van der Waals surface area (Å²) in [4.78, 5) is 30.4. The molecule has 1 amide bonds. The van der Waals surface area contributed by atoms with Crippen LogP contribution in [0.2, 0.25) is 0 Å². The molecule has 210 valence electrons. The van der Waals surface area contributed by atoms with Crippen LogP contribution in [0.4, 0.5) is 11.4 Å². The van der Waals surface area contributed by atoms with Crippen molar-refractivity contribution in [2.45, 2.75) is 32.4 Å². The van der Waals surface area contributed by atoms with Crippen LogP contribution in [0.15, 0.2) is 79.0 Å². The minimum atomic E-state index is -0.443. The van der Waals surface area contributed by atoms with Gasteiger partial charge in [-0.3, -0.25) is 19.9 Å². The maximum absolute atomic E-state index is 12.8. The molecule has 0 bridgehead atoms. The van der Waals surface area contributed by atoms with E-state index >= 15 is 0 Å². The van der Waals surface area contributed by atoms with Gasteiger partial charge in [-0.2, -0.15) is 0 Å². The van der Waals surface area contributed by atoms with Crippen molar-refractivity contribution in [2.75, 3.05) is 19.0 Å². The van der Waals surface area contributed by atoms with Crippen molar-refractivity contribution in [1.29, 1.82) is 0 Å². The lowest BCUT2D eigenvalue weighted by Crippen LogP contribution is -2.32. The third kappa shape index (κ3) is 5.62. The molecule has 5 rings (SSSR count). The maximum Gasteiger partial charge on any atom is 0.273 e. The van der Waals surface area contributed by atoms with Crippen molar-refractivity contribution in [1.82, 2.24) is 19.8 Å². The molecule has 0 spiro atoms. The topological polar surface area (TPSA) is 115 Å². The van der Waals surface area contributed by atoms with Crippen molar-refractivity contribution in [2.24, 2.45) is 0 Å². The number of nitrogens with zero attached hydrogens (tertiary/aromatic N) is 4. The zero-order chi connectivity index (χ0) is 29.1. The van der Waals surface area contributed by atoms with E-state index in [1.165, 1.54) is 19.2 Å². The Kier molecular flexibility index (Phi) is 7.97. The van der Waals surface area contributed by atoms with Gasteiger partial charge in [-0.15, -0.1) is 0 Å². The number of aromatic nitrogens is 2. The Balaban J connectivity index is 1.51. The first-order valence-corrected chi connectivity index (χ1v) is 13.5. The second-order valence-corrected chi connectivity index (χ2v) is 10.1. The van der Waals surface area contributed by atoms with Crippen molar-refractivity contribution in [3.8, 4) is 11.4 Å². The molecule has 41 heavy (non-hydrogen) atoms. The summed E-state index contributed by atoms with van der Waals surface area (Å²) in [5, 5.41) is 18.3. The molecule has 0 radical (unpaired) electrons. The molecule has 1 aliphatic rings. The lowest BCUT2D eigenvalue weighted by atomic mass is 9.96. The second-order valence-electron chi connectivity index (χ2n) is 9.76. The zero-order valence-corrected chi connectivity index (χ0v) is 23.7. The van der Waals surface area contributed by atoms with Gasteiger partial charge in [-0.25, -0.2) is 0 Å². The first-order valence-electron chi connectivity index (χ1n) is 13.1. The minimum absolute atomic E-state index is 0.0474. The number of nitro groups is 1. The number of nitrogens with one attached hydrogen (secondary N) is 2. The Morgan fingerprint density at radius 2 is 1.88 bits per heavy atom. The zero-order valence-electron chi connectivity index (χ0n) is 22.9. The lowest BCUT2D eigenvalue weighted by Gasteiger charge is -2.28. The van der Waals surface area contributed by atoms with Gasteiger partial charge in [0.2, 0.25) is 5.91 Å². The monoisotopic (exact) mass is 570 g/mol. The second kappa shape index (κ2) is 11.8.